The third-order valence-electron chi connectivity index (χ3n) is 3.95. The van der Waals surface area contributed by atoms with Gasteiger partial charge >= 0.3 is 6.16 Å². The van der Waals surface area contributed by atoms with Gasteiger partial charge in [-0.3, -0.25) is 0 Å². The molecule has 1 aromatic carbocycles. The van der Waals surface area contributed by atoms with Crippen LogP contribution in [0.1, 0.15) is 35.6 Å². The highest BCUT2D eigenvalue weighted by Gasteiger charge is 2.38. The Labute approximate surface area is 118 Å². The van der Waals surface area contributed by atoms with Crippen molar-refractivity contribution in [1.82, 2.24) is 0 Å². The van der Waals surface area contributed by atoms with Crippen molar-refractivity contribution in [3.05, 3.63) is 22.3 Å². The van der Waals surface area contributed by atoms with Gasteiger partial charge in [0.05, 0.1) is 7.11 Å². The zero-order valence-electron chi connectivity index (χ0n) is 12.5. The quantitative estimate of drug-likeness (QED) is 0.800. The van der Waals surface area contributed by atoms with Gasteiger partial charge in [0.15, 0.2) is 0 Å². The number of rotatable bonds is 1. The van der Waals surface area contributed by atoms with Crippen LogP contribution in [0.15, 0.2) is 0 Å². The number of benzene rings is 1. The SMILES string of the molecule is COC(=O)OC1(C)CCc2c(C)c(O)c(C)c(C)c2O1. The summed E-state index contributed by atoms with van der Waals surface area (Å²) in [6.07, 6.45) is 0.419. The minimum atomic E-state index is -1.04. The van der Waals surface area contributed by atoms with Gasteiger partial charge in [0, 0.05) is 18.9 Å². The maximum atomic E-state index is 11.3. The van der Waals surface area contributed by atoms with E-state index in [-0.39, 0.29) is 0 Å². The first-order valence-electron chi connectivity index (χ1n) is 6.56. The lowest BCUT2D eigenvalue weighted by Gasteiger charge is -2.36. The molecular weight excluding hydrogens is 260 g/mol. The molecule has 110 valence electrons. The monoisotopic (exact) mass is 280 g/mol. The normalized spacial score (nSPS) is 20.9. The number of methoxy groups -OCH3 is 1. The zero-order chi connectivity index (χ0) is 15.1. The molecule has 5 heteroatoms. The van der Waals surface area contributed by atoms with E-state index in [1.165, 1.54) is 7.11 Å². The molecule has 0 saturated heterocycles. The first-order valence-corrected chi connectivity index (χ1v) is 6.56. The summed E-state index contributed by atoms with van der Waals surface area (Å²) < 4.78 is 15.6. The fraction of sp³-hybridized carbons (Fsp3) is 0.533. The molecule has 5 nitrogen and oxygen atoms in total. The lowest BCUT2D eigenvalue weighted by molar-refractivity contribution is -0.152. The third-order valence-corrected chi connectivity index (χ3v) is 3.95. The maximum absolute atomic E-state index is 11.3. The summed E-state index contributed by atoms with van der Waals surface area (Å²) in [7, 11) is 1.26. The molecule has 1 N–H and O–H groups in total. The van der Waals surface area contributed by atoms with Gasteiger partial charge in [0.1, 0.15) is 11.5 Å². The first-order chi connectivity index (χ1) is 9.29. The zero-order valence-corrected chi connectivity index (χ0v) is 12.5. The van der Waals surface area contributed by atoms with Crippen molar-refractivity contribution in [2.75, 3.05) is 7.11 Å². The molecule has 1 heterocycles. The van der Waals surface area contributed by atoms with Gasteiger partial charge in [-0.15, -0.1) is 0 Å². The summed E-state index contributed by atoms with van der Waals surface area (Å²) >= 11 is 0. The highest BCUT2D eigenvalue weighted by molar-refractivity contribution is 5.61. The van der Waals surface area contributed by atoms with Gasteiger partial charge in [-0.05, 0) is 43.9 Å². The van der Waals surface area contributed by atoms with E-state index in [1.807, 2.05) is 20.8 Å². The van der Waals surface area contributed by atoms with Gasteiger partial charge in [0.2, 0.25) is 0 Å². The molecule has 1 unspecified atom stereocenters. The summed E-state index contributed by atoms with van der Waals surface area (Å²) in [5.74, 6) is -0.0430. The van der Waals surface area contributed by atoms with Crippen LogP contribution in [0.2, 0.25) is 0 Å². The van der Waals surface area contributed by atoms with Crippen LogP contribution in [-0.4, -0.2) is 24.2 Å². The Bertz CT molecular complexity index is 564. The van der Waals surface area contributed by atoms with Gasteiger partial charge in [-0.25, -0.2) is 4.79 Å². The molecule has 1 atom stereocenters. The van der Waals surface area contributed by atoms with Crippen LogP contribution in [0.3, 0.4) is 0 Å². The number of phenolic OH excluding ortho intramolecular Hbond substituents is 1. The molecule has 1 aliphatic heterocycles. The summed E-state index contributed by atoms with van der Waals surface area (Å²) in [5.41, 5.74) is 3.44. The Morgan fingerprint density at radius 3 is 2.50 bits per heavy atom. The second-order valence-corrected chi connectivity index (χ2v) is 5.32. The summed E-state index contributed by atoms with van der Waals surface area (Å²) in [4.78, 5) is 11.3. The third kappa shape index (κ3) is 2.28. The Kier molecular flexibility index (Phi) is 3.54. The van der Waals surface area contributed by atoms with Gasteiger partial charge in [-0.1, -0.05) is 0 Å². The van der Waals surface area contributed by atoms with E-state index >= 15 is 0 Å². The highest BCUT2D eigenvalue weighted by Crippen LogP contribution is 2.43. The summed E-state index contributed by atoms with van der Waals surface area (Å²) in [6.45, 7) is 7.31. The number of carbonyl (C=O) groups excluding carboxylic acids is 1. The van der Waals surface area contributed by atoms with Crippen molar-refractivity contribution in [2.24, 2.45) is 0 Å². The molecule has 2 rings (SSSR count). The van der Waals surface area contributed by atoms with Crippen LogP contribution >= 0.6 is 0 Å². The molecule has 0 saturated carbocycles. The molecule has 0 spiro atoms. The van der Waals surface area contributed by atoms with E-state index in [9.17, 15) is 9.90 Å². The molecular formula is C15H20O5. The molecule has 0 bridgehead atoms. The maximum Gasteiger partial charge on any atom is 0.511 e. The number of fused-ring (bicyclic) bond motifs is 1. The van der Waals surface area contributed by atoms with E-state index in [4.69, 9.17) is 9.47 Å². The smallest absolute Gasteiger partial charge is 0.507 e. The minimum absolute atomic E-state index is 0.308. The van der Waals surface area contributed by atoms with E-state index in [0.29, 0.717) is 24.3 Å². The largest absolute Gasteiger partial charge is 0.511 e. The van der Waals surface area contributed by atoms with E-state index in [2.05, 4.69) is 4.74 Å². The van der Waals surface area contributed by atoms with Crippen molar-refractivity contribution in [1.29, 1.82) is 0 Å². The van der Waals surface area contributed by atoms with Crippen molar-refractivity contribution in [3.63, 3.8) is 0 Å². The number of hydrogen-bond donors (Lipinski definition) is 1. The number of carbonyl (C=O) groups is 1. The first kappa shape index (κ1) is 14.5. The molecule has 1 aromatic rings. The number of ether oxygens (including phenoxy) is 3. The van der Waals surface area contributed by atoms with E-state index in [1.54, 1.807) is 6.92 Å². The molecule has 0 fully saturated rings. The predicted octanol–water partition coefficient (Wildman–Crippen LogP) is 3.14. The van der Waals surface area contributed by atoms with Crippen molar-refractivity contribution >= 4 is 6.16 Å². The predicted molar refractivity (Wildman–Crippen MR) is 73.2 cm³/mol. The summed E-state index contributed by atoms with van der Waals surface area (Å²) in [5, 5.41) is 10.1. The average Bonchev–Trinajstić information content (AvgIpc) is 2.42. The Morgan fingerprint density at radius 1 is 1.25 bits per heavy atom. The van der Waals surface area contributed by atoms with Gasteiger partial charge in [-0.2, -0.15) is 0 Å². The molecule has 0 radical (unpaired) electrons. The fourth-order valence-electron chi connectivity index (χ4n) is 2.52. The number of aromatic hydroxyl groups is 1. The van der Waals surface area contributed by atoms with Crippen molar-refractivity contribution in [3.8, 4) is 11.5 Å². The Hall–Kier alpha value is -1.91. The molecule has 0 aliphatic carbocycles. The average molecular weight is 280 g/mol. The van der Waals surface area contributed by atoms with Crippen LogP contribution < -0.4 is 4.74 Å². The highest BCUT2D eigenvalue weighted by atomic mass is 16.8. The second-order valence-electron chi connectivity index (χ2n) is 5.32. The fourth-order valence-corrected chi connectivity index (χ4v) is 2.52. The molecule has 0 amide bonds. The number of phenols is 1. The molecule has 1 aliphatic rings. The lowest BCUT2D eigenvalue weighted by atomic mass is 9.91. The summed E-state index contributed by atoms with van der Waals surface area (Å²) in [6, 6.07) is 0. The molecule has 20 heavy (non-hydrogen) atoms. The second kappa shape index (κ2) is 4.89. The van der Waals surface area contributed by atoms with E-state index < -0.39 is 11.9 Å². The lowest BCUT2D eigenvalue weighted by Crippen LogP contribution is -2.41. The van der Waals surface area contributed by atoms with Gasteiger partial charge in [0.25, 0.3) is 5.79 Å². The minimum Gasteiger partial charge on any atom is -0.507 e. The van der Waals surface area contributed by atoms with Crippen molar-refractivity contribution in [2.45, 2.75) is 46.3 Å². The standard InChI is InChI=1S/C15H20O5/c1-8-9(2)13-11(10(3)12(8)16)6-7-15(4,19-13)20-14(17)18-5/h16H,6-7H2,1-5H3. The Balaban J connectivity index is 2.42. The number of hydrogen-bond acceptors (Lipinski definition) is 5. The van der Waals surface area contributed by atoms with Crippen LogP contribution in [0.4, 0.5) is 4.79 Å². The van der Waals surface area contributed by atoms with Crippen LogP contribution in [0.5, 0.6) is 11.5 Å². The van der Waals surface area contributed by atoms with Crippen LogP contribution in [0, 0.1) is 20.8 Å². The van der Waals surface area contributed by atoms with Crippen molar-refractivity contribution < 1.29 is 24.1 Å². The topological polar surface area (TPSA) is 65.0 Å². The van der Waals surface area contributed by atoms with Crippen LogP contribution in [0.25, 0.3) is 0 Å². The van der Waals surface area contributed by atoms with Crippen LogP contribution in [-0.2, 0) is 15.9 Å². The van der Waals surface area contributed by atoms with E-state index in [0.717, 1.165) is 22.3 Å². The molecule has 0 aromatic heterocycles. The Morgan fingerprint density at radius 2 is 1.90 bits per heavy atom. The van der Waals surface area contributed by atoms with Gasteiger partial charge < -0.3 is 19.3 Å².